The van der Waals surface area contributed by atoms with Gasteiger partial charge in [-0.3, -0.25) is 29.1 Å². The number of aromatic nitrogens is 2. The maximum atomic E-state index is 12.2. The molecule has 15 heteroatoms. The highest BCUT2D eigenvalue weighted by Crippen LogP contribution is 2.34. The lowest BCUT2D eigenvalue weighted by atomic mass is 9.97. The third-order valence-corrected chi connectivity index (χ3v) is 6.50. The van der Waals surface area contributed by atoms with Crippen LogP contribution in [0.2, 0.25) is 0 Å². The zero-order valence-electron chi connectivity index (χ0n) is 25.9. The number of carboxylic acid groups (broad SMARTS) is 1. The van der Waals surface area contributed by atoms with Gasteiger partial charge >= 0.3 is 29.8 Å². The predicted octanol–water partition coefficient (Wildman–Crippen LogP) is 2.44. The number of hydrogen-bond donors (Lipinski definition) is 2. The molecule has 3 rings (SSSR count). The summed E-state index contributed by atoms with van der Waals surface area (Å²) in [6.45, 7) is 8.12. The number of nitrogens with zero attached hydrogens (tertiary/aromatic N) is 1. The molecule has 15 nitrogen and oxygen atoms in total. The zero-order chi connectivity index (χ0) is 33.3. The standard InChI is InChI=1S/C30H38N2O13/c1-15(2)25-22(13-20-7-9-21(10-8-20)39-12-11-24(37)38)29(32-31-25)45-30-28(43-19(6)36)27(42-18(5)35)26(41-17(4)34)23(44-30)14-40-16(3)33/h7-10,15,23,26-28,30H,11-14H2,1-6H3,(H,31,32)(H,37,38)/t23-,26+,27+,28-,30+/m1/s1. The van der Waals surface area contributed by atoms with Gasteiger partial charge in [0.1, 0.15) is 18.5 Å². The molecule has 2 aromatic rings. The van der Waals surface area contributed by atoms with Crippen LogP contribution in [0.1, 0.15) is 70.7 Å². The Morgan fingerprint density at radius 1 is 0.889 bits per heavy atom. The molecule has 45 heavy (non-hydrogen) atoms. The number of carbonyl (C=O) groups is 5. The second-order valence-corrected chi connectivity index (χ2v) is 10.6. The number of ether oxygens (including phenoxy) is 7. The van der Waals surface area contributed by atoms with E-state index < -0.39 is 67.2 Å². The molecule has 0 unspecified atom stereocenters. The van der Waals surface area contributed by atoms with Gasteiger partial charge in [-0.05, 0) is 23.6 Å². The predicted molar refractivity (Wildman–Crippen MR) is 152 cm³/mol. The van der Waals surface area contributed by atoms with Crippen LogP contribution in [0.15, 0.2) is 24.3 Å². The molecule has 1 aliphatic rings. The summed E-state index contributed by atoms with van der Waals surface area (Å²) in [6, 6.07) is 7.05. The Kier molecular flexibility index (Phi) is 12.3. The fraction of sp³-hybridized carbons (Fsp3) is 0.533. The van der Waals surface area contributed by atoms with Gasteiger partial charge in [-0.1, -0.05) is 26.0 Å². The van der Waals surface area contributed by atoms with Gasteiger partial charge in [0.2, 0.25) is 18.3 Å². The Balaban J connectivity index is 1.97. The Morgan fingerprint density at radius 3 is 2.04 bits per heavy atom. The van der Waals surface area contributed by atoms with Gasteiger partial charge in [-0.25, -0.2) is 0 Å². The van der Waals surface area contributed by atoms with E-state index in [0.29, 0.717) is 17.7 Å². The lowest BCUT2D eigenvalue weighted by molar-refractivity contribution is -0.289. The number of rotatable bonds is 14. The van der Waals surface area contributed by atoms with E-state index in [0.717, 1.165) is 32.0 Å². The lowest BCUT2D eigenvalue weighted by Crippen LogP contribution is -2.63. The zero-order valence-corrected chi connectivity index (χ0v) is 25.9. The third-order valence-electron chi connectivity index (χ3n) is 6.50. The first kappa shape index (κ1) is 34.8. The van der Waals surface area contributed by atoms with Crippen LogP contribution in [-0.2, 0) is 54.1 Å². The molecule has 1 aromatic heterocycles. The SMILES string of the molecule is CC(=O)OC[C@H]1O[C@@H](Oc2n[nH]c(C(C)C)c2Cc2ccc(OCCC(=O)O)cc2)[C@H](OC(C)=O)[C@@H](OC(C)=O)[C@H]1OC(C)=O. The van der Waals surface area contributed by atoms with Gasteiger partial charge in [0.05, 0.1) is 13.0 Å². The average molecular weight is 635 g/mol. The van der Waals surface area contributed by atoms with Crippen molar-refractivity contribution in [1.29, 1.82) is 0 Å². The summed E-state index contributed by atoms with van der Waals surface area (Å²) in [7, 11) is 0. The van der Waals surface area contributed by atoms with Crippen molar-refractivity contribution in [1.82, 2.24) is 10.2 Å². The van der Waals surface area contributed by atoms with E-state index in [2.05, 4.69) is 10.2 Å². The summed E-state index contributed by atoms with van der Waals surface area (Å²) < 4.78 is 39.2. The fourth-order valence-electron chi connectivity index (χ4n) is 4.66. The van der Waals surface area contributed by atoms with E-state index >= 15 is 0 Å². The topological polar surface area (TPSA) is 199 Å². The minimum absolute atomic E-state index is 0.0149. The van der Waals surface area contributed by atoms with Crippen LogP contribution in [0.5, 0.6) is 11.6 Å². The highest BCUT2D eigenvalue weighted by atomic mass is 16.7. The first-order chi connectivity index (χ1) is 21.2. The van der Waals surface area contributed by atoms with Crippen LogP contribution in [-0.4, -0.2) is 89.1 Å². The van der Waals surface area contributed by atoms with Crippen molar-refractivity contribution in [2.75, 3.05) is 13.2 Å². The molecule has 1 aliphatic heterocycles. The first-order valence-electron chi connectivity index (χ1n) is 14.2. The second kappa shape index (κ2) is 15.9. The van der Waals surface area contributed by atoms with Gasteiger partial charge in [0.25, 0.3) is 0 Å². The summed E-state index contributed by atoms with van der Waals surface area (Å²) in [6.07, 6.45) is -6.56. The highest BCUT2D eigenvalue weighted by Gasteiger charge is 2.53. The summed E-state index contributed by atoms with van der Waals surface area (Å²) in [4.78, 5) is 58.7. The molecule has 2 heterocycles. The van der Waals surface area contributed by atoms with Crippen LogP contribution in [0.3, 0.4) is 0 Å². The van der Waals surface area contributed by atoms with E-state index in [9.17, 15) is 24.0 Å². The summed E-state index contributed by atoms with van der Waals surface area (Å²) in [5.41, 5.74) is 2.24. The van der Waals surface area contributed by atoms with Crippen molar-refractivity contribution >= 4 is 29.8 Å². The number of H-pyrrole nitrogens is 1. The fourth-order valence-corrected chi connectivity index (χ4v) is 4.66. The monoisotopic (exact) mass is 634 g/mol. The Labute approximate surface area is 259 Å². The molecule has 1 saturated heterocycles. The van der Waals surface area contributed by atoms with Crippen LogP contribution in [0.25, 0.3) is 0 Å². The molecule has 0 bridgehead atoms. The molecular formula is C30H38N2O13. The highest BCUT2D eigenvalue weighted by molar-refractivity contribution is 5.69. The largest absolute Gasteiger partial charge is 0.493 e. The maximum absolute atomic E-state index is 12.2. The summed E-state index contributed by atoms with van der Waals surface area (Å²) in [5.74, 6) is -3.28. The summed E-state index contributed by atoms with van der Waals surface area (Å²) in [5, 5.41) is 16.1. The normalized spacial score (nSPS) is 21.0. The molecule has 5 atom stereocenters. The molecule has 2 N–H and O–H groups in total. The smallest absolute Gasteiger partial charge is 0.306 e. The number of nitrogens with one attached hydrogen (secondary N) is 1. The van der Waals surface area contributed by atoms with Crippen LogP contribution < -0.4 is 9.47 Å². The van der Waals surface area contributed by atoms with Crippen molar-refractivity contribution in [3.05, 3.63) is 41.1 Å². The molecule has 0 radical (unpaired) electrons. The molecule has 0 amide bonds. The quantitative estimate of drug-likeness (QED) is 0.227. The number of aliphatic carboxylic acids is 1. The Bertz CT molecular complexity index is 1350. The minimum Gasteiger partial charge on any atom is -0.493 e. The molecule has 0 saturated carbocycles. The van der Waals surface area contributed by atoms with E-state index in [4.69, 9.17) is 38.3 Å². The van der Waals surface area contributed by atoms with E-state index in [-0.39, 0.29) is 24.8 Å². The van der Waals surface area contributed by atoms with E-state index in [1.54, 1.807) is 12.1 Å². The lowest BCUT2D eigenvalue weighted by Gasteiger charge is -2.43. The van der Waals surface area contributed by atoms with E-state index in [1.165, 1.54) is 6.92 Å². The van der Waals surface area contributed by atoms with Gasteiger partial charge in [0.15, 0.2) is 12.2 Å². The van der Waals surface area contributed by atoms with Gasteiger partial charge < -0.3 is 38.3 Å². The molecule has 1 fully saturated rings. The van der Waals surface area contributed by atoms with Gasteiger partial charge in [-0.15, -0.1) is 5.10 Å². The molecule has 0 aliphatic carbocycles. The minimum atomic E-state index is -1.45. The van der Waals surface area contributed by atoms with Gasteiger partial charge in [0, 0.05) is 45.4 Å². The third kappa shape index (κ3) is 10.2. The number of carboxylic acids is 1. The van der Waals surface area contributed by atoms with Gasteiger partial charge in [-0.2, -0.15) is 0 Å². The maximum Gasteiger partial charge on any atom is 0.306 e. The number of benzene rings is 1. The average Bonchev–Trinajstić information content (AvgIpc) is 3.33. The first-order valence-corrected chi connectivity index (χ1v) is 14.2. The van der Waals surface area contributed by atoms with Crippen molar-refractivity contribution in [2.45, 2.75) is 91.0 Å². The number of aromatic amines is 1. The van der Waals surface area contributed by atoms with Crippen molar-refractivity contribution in [3.63, 3.8) is 0 Å². The number of hydrogen-bond acceptors (Lipinski definition) is 13. The van der Waals surface area contributed by atoms with E-state index in [1.807, 2.05) is 26.0 Å². The van der Waals surface area contributed by atoms with Crippen LogP contribution in [0, 0.1) is 0 Å². The number of carbonyl (C=O) groups excluding carboxylic acids is 4. The van der Waals surface area contributed by atoms with Crippen LogP contribution in [0.4, 0.5) is 0 Å². The molecular weight excluding hydrogens is 596 g/mol. The molecule has 1 aromatic carbocycles. The molecule has 246 valence electrons. The van der Waals surface area contributed by atoms with Crippen molar-refractivity contribution in [3.8, 4) is 11.6 Å². The van der Waals surface area contributed by atoms with Crippen molar-refractivity contribution < 1.29 is 62.2 Å². The summed E-state index contributed by atoms with van der Waals surface area (Å²) >= 11 is 0. The Morgan fingerprint density at radius 2 is 1.49 bits per heavy atom. The van der Waals surface area contributed by atoms with Crippen molar-refractivity contribution in [2.24, 2.45) is 0 Å². The Hall–Kier alpha value is -4.66. The van der Waals surface area contributed by atoms with Crippen LogP contribution >= 0.6 is 0 Å². The number of esters is 4. The second-order valence-electron chi connectivity index (χ2n) is 10.6. The molecule has 0 spiro atoms.